The van der Waals surface area contributed by atoms with Crippen LogP contribution in [0.25, 0.3) is 16.0 Å². The molecule has 0 aliphatic rings. The first-order valence-corrected chi connectivity index (χ1v) is 12.8. The van der Waals surface area contributed by atoms with E-state index in [1.54, 1.807) is 10.6 Å². The number of primary amides is 1. The molecule has 0 unspecified atom stereocenters. The van der Waals surface area contributed by atoms with E-state index in [1.807, 2.05) is 0 Å². The Balaban J connectivity index is 1.72. The van der Waals surface area contributed by atoms with Crippen molar-refractivity contribution in [1.29, 1.82) is 0 Å². The lowest BCUT2D eigenvalue weighted by atomic mass is 10.0. The van der Waals surface area contributed by atoms with Crippen LogP contribution in [-0.4, -0.2) is 42.3 Å². The van der Waals surface area contributed by atoms with Crippen LogP contribution in [0.3, 0.4) is 0 Å². The fourth-order valence-corrected chi connectivity index (χ4v) is 4.94. The highest BCUT2D eigenvalue weighted by Gasteiger charge is 2.35. The molecule has 1 amide bonds. The molecule has 4 rings (SSSR count). The third kappa shape index (κ3) is 5.40. The minimum Gasteiger partial charge on any atom is -0.484 e. The van der Waals surface area contributed by atoms with E-state index in [-0.39, 0.29) is 21.9 Å². The number of aromatic nitrogens is 2. The first-order valence-electron chi connectivity index (χ1n) is 10.6. The Morgan fingerprint density at radius 3 is 2.51 bits per heavy atom. The van der Waals surface area contributed by atoms with Gasteiger partial charge in [0.25, 0.3) is 5.91 Å². The Kier molecular flexibility index (Phi) is 6.92. The molecule has 0 aliphatic carbocycles. The van der Waals surface area contributed by atoms with Gasteiger partial charge in [0.2, 0.25) is 0 Å². The zero-order valence-electron chi connectivity index (χ0n) is 19.7. The van der Waals surface area contributed by atoms with Gasteiger partial charge in [-0.25, -0.2) is 4.98 Å². The van der Waals surface area contributed by atoms with Gasteiger partial charge in [-0.1, -0.05) is 18.2 Å². The Labute approximate surface area is 214 Å². The maximum absolute atomic E-state index is 13.5. The number of thiophene rings is 1. The van der Waals surface area contributed by atoms with Gasteiger partial charge < -0.3 is 14.7 Å². The number of ether oxygens (including phenoxy) is 1. The van der Waals surface area contributed by atoms with Crippen molar-refractivity contribution in [2.45, 2.75) is 19.2 Å². The molecule has 0 bridgehead atoms. The number of benzene rings is 2. The second-order valence-corrected chi connectivity index (χ2v) is 10.9. The summed E-state index contributed by atoms with van der Waals surface area (Å²) in [5.74, 6) is -0.794. The van der Waals surface area contributed by atoms with Crippen LogP contribution in [0, 0.1) is 0 Å². The summed E-state index contributed by atoms with van der Waals surface area (Å²) in [4.78, 5) is 16.4. The van der Waals surface area contributed by atoms with E-state index in [4.69, 9.17) is 14.7 Å². The minimum atomic E-state index is -4.59. The largest absolute Gasteiger partial charge is 0.484 e. The maximum Gasteiger partial charge on any atom is 0.416 e. The summed E-state index contributed by atoms with van der Waals surface area (Å²) in [5.41, 5.74) is 5.52. The average Bonchev–Trinajstić information content (AvgIpc) is 3.42. The van der Waals surface area contributed by atoms with Gasteiger partial charge >= 0.3 is 16.5 Å². The molecule has 0 fully saturated rings. The van der Waals surface area contributed by atoms with Crippen LogP contribution in [0.1, 0.15) is 33.8 Å². The summed E-state index contributed by atoms with van der Waals surface area (Å²) in [6.45, 7) is 1.44. The second-order valence-electron chi connectivity index (χ2n) is 8.08. The number of nitrogens with two attached hydrogens (primary N) is 1. The standard InChI is InChI=1S/C23H21F3N4O5S2/c1-13(15-6-4-5-7-16(15)23(24,25)26)34-19-11-20(36-21(19)22(27)31)30-12-28-17-9-8-14(10-18(17)30)35-37(32,33)29(2)3/h4-13H,1-3H3,(H2,27,31)/t13-/m1/s1. The molecule has 14 heteroatoms. The van der Waals surface area contributed by atoms with E-state index in [1.165, 1.54) is 63.7 Å². The zero-order valence-corrected chi connectivity index (χ0v) is 21.3. The fourth-order valence-electron chi connectivity index (χ4n) is 3.51. The van der Waals surface area contributed by atoms with Crippen molar-refractivity contribution in [1.82, 2.24) is 13.9 Å². The van der Waals surface area contributed by atoms with Crippen LogP contribution < -0.4 is 14.7 Å². The molecular formula is C23H21F3N4O5S2. The molecule has 2 aromatic carbocycles. The third-order valence-electron chi connectivity index (χ3n) is 5.32. The molecule has 0 radical (unpaired) electrons. The van der Waals surface area contributed by atoms with E-state index in [9.17, 15) is 26.4 Å². The fraction of sp³-hybridized carbons (Fsp3) is 0.217. The first kappa shape index (κ1) is 26.4. The highest BCUT2D eigenvalue weighted by atomic mass is 32.2. The Morgan fingerprint density at radius 1 is 1.16 bits per heavy atom. The molecule has 2 heterocycles. The summed E-state index contributed by atoms with van der Waals surface area (Å²) >= 11 is 0.945. The first-order chi connectivity index (χ1) is 17.3. The van der Waals surface area contributed by atoms with E-state index in [2.05, 4.69) is 4.98 Å². The van der Waals surface area contributed by atoms with Gasteiger partial charge in [0, 0.05) is 31.8 Å². The normalized spacial score (nSPS) is 13.2. The van der Waals surface area contributed by atoms with E-state index in [0.717, 1.165) is 21.7 Å². The molecule has 37 heavy (non-hydrogen) atoms. The van der Waals surface area contributed by atoms with Crippen LogP contribution in [0.4, 0.5) is 13.2 Å². The van der Waals surface area contributed by atoms with Gasteiger partial charge in [0.05, 0.1) is 16.6 Å². The third-order valence-corrected chi connectivity index (χ3v) is 7.75. The van der Waals surface area contributed by atoms with Crippen molar-refractivity contribution in [3.05, 3.63) is 70.9 Å². The average molecular weight is 555 g/mol. The van der Waals surface area contributed by atoms with Gasteiger partial charge in [-0.3, -0.25) is 9.36 Å². The number of nitrogens with zero attached hydrogens (tertiary/aromatic N) is 3. The van der Waals surface area contributed by atoms with Crippen molar-refractivity contribution < 1.29 is 35.3 Å². The summed E-state index contributed by atoms with van der Waals surface area (Å²) in [6, 6.07) is 10.9. The number of hydrogen-bond acceptors (Lipinski definition) is 7. The number of carbonyl (C=O) groups excluding carboxylic acids is 1. The molecule has 0 aliphatic heterocycles. The number of imidazole rings is 1. The Morgan fingerprint density at radius 2 is 1.86 bits per heavy atom. The summed E-state index contributed by atoms with van der Waals surface area (Å²) in [5, 5.41) is 0.412. The molecule has 0 spiro atoms. The van der Waals surface area contributed by atoms with Crippen LogP contribution in [0.2, 0.25) is 0 Å². The summed E-state index contributed by atoms with van der Waals surface area (Å²) < 4.78 is 78.0. The maximum atomic E-state index is 13.5. The van der Waals surface area contributed by atoms with Gasteiger partial charge in [0.1, 0.15) is 33.8 Å². The Hall–Kier alpha value is -3.62. The quantitative estimate of drug-likeness (QED) is 0.342. The smallest absolute Gasteiger partial charge is 0.416 e. The number of fused-ring (bicyclic) bond motifs is 1. The van der Waals surface area contributed by atoms with E-state index in [0.29, 0.717) is 16.0 Å². The number of hydrogen-bond donors (Lipinski definition) is 1. The number of rotatable bonds is 8. The lowest BCUT2D eigenvalue weighted by Crippen LogP contribution is -2.27. The molecule has 9 nitrogen and oxygen atoms in total. The number of halogens is 3. The molecule has 2 aromatic heterocycles. The SMILES string of the molecule is C[C@@H](Oc1cc(-n2cnc3ccc(OS(=O)(=O)N(C)C)cc32)sc1C(N)=O)c1ccccc1C(F)(F)F. The molecule has 1 atom stereocenters. The molecule has 196 valence electrons. The number of alkyl halides is 3. The molecule has 4 aromatic rings. The van der Waals surface area contributed by atoms with Crippen LogP contribution in [0.5, 0.6) is 11.5 Å². The predicted molar refractivity (Wildman–Crippen MR) is 131 cm³/mol. The number of amides is 1. The van der Waals surface area contributed by atoms with Gasteiger partial charge in [-0.15, -0.1) is 11.3 Å². The van der Waals surface area contributed by atoms with E-state index >= 15 is 0 Å². The highest BCUT2D eigenvalue weighted by Crippen LogP contribution is 2.39. The number of carbonyl (C=O) groups is 1. The Bertz CT molecular complexity index is 1580. The molecule has 0 saturated heterocycles. The zero-order chi connectivity index (χ0) is 27.1. The van der Waals surface area contributed by atoms with Crippen LogP contribution >= 0.6 is 11.3 Å². The second kappa shape index (κ2) is 9.68. The highest BCUT2D eigenvalue weighted by molar-refractivity contribution is 7.84. The van der Waals surface area contributed by atoms with Crippen molar-refractivity contribution >= 4 is 38.6 Å². The van der Waals surface area contributed by atoms with Crippen LogP contribution in [-0.2, 0) is 16.5 Å². The topological polar surface area (TPSA) is 117 Å². The predicted octanol–water partition coefficient (Wildman–Crippen LogP) is 4.53. The lowest BCUT2D eigenvalue weighted by Gasteiger charge is -2.19. The van der Waals surface area contributed by atoms with Crippen molar-refractivity contribution in [3.8, 4) is 16.5 Å². The van der Waals surface area contributed by atoms with E-state index < -0.39 is 34.1 Å². The van der Waals surface area contributed by atoms with Crippen LogP contribution in [0.15, 0.2) is 54.9 Å². The minimum absolute atomic E-state index is 0.00131. The molecular weight excluding hydrogens is 533 g/mol. The monoisotopic (exact) mass is 554 g/mol. The van der Waals surface area contributed by atoms with Gasteiger partial charge in [0.15, 0.2) is 0 Å². The van der Waals surface area contributed by atoms with Crippen molar-refractivity contribution in [3.63, 3.8) is 0 Å². The van der Waals surface area contributed by atoms with Crippen molar-refractivity contribution in [2.24, 2.45) is 5.73 Å². The van der Waals surface area contributed by atoms with Gasteiger partial charge in [-0.05, 0) is 25.1 Å². The van der Waals surface area contributed by atoms with Crippen molar-refractivity contribution in [2.75, 3.05) is 14.1 Å². The summed E-state index contributed by atoms with van der Waals surface area (Å²) in [7, 11) is -1.35. The molecule has 2 N–H and O–H groups in total. The molecule has 0 saturated carbocycles. The van der Waals surface area contributed by atoms with Gasteiger partial charge in [-0.2, -0.15) is 25.9 Å². The summed E-state index contributed by atoms with van der Waals surface area (Å²) in [6.07, 6.45) is -4.21. The lowest BCUT2D eigenvalue weighted by molar-refractivity contribution is -0.139.